The van der Waals surface area contributed by atoms with Gasteiger partial charge in [0.05, 0.1) is 12.2 Å². The van der Waals surface area contributed by atoms with Crippen LogP contribution in [0.4, 0.5) is 17.3 Å². The lowest BCUT2D eigenvalue weighted by atomic mass is 9.95. The molecule has 2 heterocycles. The van der Waals surface area contributed by atoms with Gasteiger partial charge in [-0.05, 0) is 63.1 Å². The first kappa shape index (κ1) is 21.0. The number of para-hydroxylation sites is 1. The molecule has 1 aliphatic heterocycles. The van der Waals surface area contributed by atoms with E-state index >= 15 is 0 Å². The summed E-state index contributed by atoms with van der Waals surface area (Å²) in [5.41, 5.74) is 3.02. The zero-order valence-electron chi connectivity index (χ0n) is 18.6. The Balaban J connectivity index is 1.30. The van der Waals surface area contributed by atoms with Crippen molar-refractivity contribution in [2.45, 2.75) is 37.9 Å². The van der Waals surface area contributed by atoms with Crippen LogP contribution in [-0.4, -0.2) is 65.4 Å². The van der Waals surface area contributed by atoms with Gasteiger partial charge in [0.1, 0.15) is 11.3 Å². The van der Waals surface area contributed by atoms with Crippen molar-refractivity contribution >= 4 is 28.2 Å². The lowest BCUT2D eigenvalue weighted by Gasteiger charge is -2.34. The number of nitrogens with zero attached hydrogens (tertiary/aromatic N) is 4. The molecule has 0 bridgehead atoms. The topological polar surface area (TPSA) is 73.8 Å². The Morgan fingerprint density at radius 2 is 1.72 bits per heavy atom. The van der Waals surface area contributed by atoms with Crippen LogP contribution in [-0.2, 0) is 0 Å². The fourth-order valence-electron chi connectivity index (χ4n) is 4.48. The molecular formula is C25H31N5O2. The standard InChI is InChI=1S/C25H31N5O2/c1-29-13-15-30(16-14-29)20-7-5-19(6-8-20)27-25-26-17-18-3-2-4-23(24(18)28-25)32-22-11-9-21(31)10-12-22/h2-8,17,21-22,31H,9-16H2,1H3,(H,26,27,28)/t21-,22-. The van der Waals surface area contributed by atoms with Crippen molar-refractivity contribution in [2.24, 2.45) is 0 Å². The highest BCUT2D eigenvalue weighted by atomic mass is 16.5. The molecule has 1 saturated heterocycles. The average Bonchev–Trinajstić information content (AvgIpc) is 2.82. The molecule has 2 N–H and O–H groups in total. The van der Waals surface area contributed by atoms with Crippen LogP contribution in [0.15, 0.2) is 48.7 Å². The quantitative estimate of drug-likeness (QED) is 0.634. The number of nitrogens with one attached hydrogen (secondary N) is 1. The van der Waals surface area contributed by atoms with Crippen molar-refractivity contribution in [1.82, 2.24) is 14.9 Å². The zero-order chi connectivity index (χ0) is 21.9. The molecule has 2 fully saturated rings. The summed E-state index contributed by atoms with van der Waals surface area (Å²) in [5.74, 6) is 1.33. The van der Waals surface area contributed by atoms with Crippen molar-refractivity contribution < 1.29 is 9.84 Å². The lowest BCUT2D eigenvalue weighted by Crippen LogP contribution is -2.44. The van der Waals surface area contributed by atoms with Gasteiger partial charge >= 0.3 is 0 Å². The van der Waals surface area contributed by atoms with Crippen LogP contribution < -0.4 is 15.0 Å². The number of piperazine rings is 1. The molecule has 1 aromatic heterocycles. The molecule has 168 valence electrons. The maximum atomic E-state index is 9.75. The van der Waals surface area contributed by atoms with E-state index in [1.165, 1.54) is 5.69 Å². The molecule has 0 spiro atoms. The predicted molar refractivity (Wildman–Crippen MR) is 128 cm³/mol. The highest BCUT2D eigenvalue weighted by Crippen LogP contribution is 2.30. The monoisotopic (exact) mass is 433 g/mol. The third-order valence-corrected chi connectivity index (χ3v) is 6.50. The van der Waals surface area contributed by atoms with Crippen LogP contribution in [0.2, 0.25) is 0 Å². The molecular weight excluding hydrogens is 402 g/mol. The summed E-state index contributed by atoms with van der Waals surface area (Å²) < 4.78 is 6.27. The minimum atomic E-state index is -0.192. The van der Waals surface area contributed by atoms with Gasteiger partial charge in [-0.1, -0.05) is 12.1 Å². The maximum absolute atomic E-state index is 9.75. The summed E-state index contributed by atoms with van der Waals surface area (Å²) in [6, 6.07) is 14.4. The van der Waals surface area contributed by atoms with Gasteiger partial charge in [0.25, 0.3) is 0 Å². The smallest absolute Gasteiger partial charge is 0.227 e. The number of rotatable bonds is 5. The van der Waals surface area contributed by atoms with Crippen molar-refractivity contribution in [3.63, 3.8) is 0 Å². The van der Waals surface area contributed by atoms with Crippen molar-refractivity contribution in [1.29, 1.82) is 0 Å². The number of likely N-dealkylation sites (N-methyl/N-ethyl adjacent to an activating group) is 1. The molecule has 2 aromatic carbocycles. The van der Waals surface area contributed by atoms with E-state index in [-0.39, 0.29) is 12.2 Å². The minimum absolute atomic E-state index is 0.123. The van der Waals surface area contributed by atoms with E-state index in [4.69, 9.17) is 9.72 Å². The van der Waals surface area contributed by atoms with Gasteiger partial charge in [0.2, 0.25) is 5.95 Å². The first-order chi connectivity index (χ1) is 15.6. The van der Waals surface area contributed by atoms with E-state index in [0.29, 0.717) is 5.95 Å². The number of aromatic nitrogens is 2. The van der Waals surface area contributed by atoms with Crippen molar-refractivity contribution in [3.05, 3.63) is 48.7 Å². The summed E-state index contributed by atoms with van der Waals surface area (Å²) in [4.78, 5) is 14.0. The largest absolute Gasteiger partial charge is 0.488 e. The lowest BCUT2D eigenvalue weighted by molar-refractivity contribution is 0.0672. The predicted octanol–water partition coefficient (Wildman–Crippen LogP) is 3.81. The van der Waals surface area contributed by atoms with Gasteiger partial charge in [-0.15, -0.1) is 0 Å². The second-order valence-electron chi connectivity index (χ2n) is 8.90. The summed E-state index contributed by atoms with van der Waals surface area (Å²) in [6.07, 6.45) is 5.09. The Kier molecular flexibility index (Phi) is 6.10. The number of fused-ring (bicyclic) bond motifs is 1. The second kappa shape index (κ2) is 9.30. The molecule has 1 aliphatic carbocycles. The van der Waals surface area contributed by atoms with E-state index in [9.17, 15) is 5.11 Å². The summed E-state index contributed by atoms with van der Waals surface area (Å²) in [6.45, 7) is 4.30. The Bertz CT molecular complexity index is 1040. The highest BCUT2D eigenvalue weighted by Gasteiger charge is 2.21. The van der Waals surface area contributed by atoms with Gasteiger partial charge in [0.15, 0.2) is 0 Å². The van der Waals surface area contributed by atoms with Gasteiger partial charge in [0, 0.05) is 49.1 Å². The fraction of sp³-hybridized carbons (Fsp3) is 0.440. The molecule has 0 unspecified atom stereocenters. The third-order valence-electron chi connectivity index (χ3n) is 6.50. The molecule has 5 rings (SSSR count). The van der Waals surface area contributed by atoms with Crippen LogP contribution in [0.25, 0.3) is 10.9 Å². The normalized spacial score (nSPS) is 22.1. The molecule has 32 heavy (non-hydrogen) atoms. The minimum Gasteiger partial charge on any atom is -0.488 e. The van der Waals surface area contributed by atoms with Gasteiger partial charge in [-0.2, -0.15) is 0 Å². The first-order valence-corrected chi connectivity index (χ1v) is 11.5. The van der Waals surface area contributed by atoms with Crippen LogP contribution in [0.3, 0.4) is 0 Å². The third kappa shape index (κ3) is 4.79. The number of ether oxygens (including phenoxy) is 1. The molecule has 0 radical (unpaired) electrons. The van der Waals surface area contributed by atoms with E-state index in [1.54, 1.807) is 0 Å². The number of hydrogen-bond acceptors (Lipinski definition) is 7. The van der Waals surface area contributed by atoms with Crippen molar-refractivity contribution in [2.75, 3.05) is 43.4 Å². The van der Waals surface area contributed by atoms with Crippen LogP contribution in [0, 0.1) is 0 Å². The van der Waals surface area contributed by atoms with Crippen LogP contribution in [0.5, 0.6) is 5.75 Å². The van der Waals surface area contributed by atoms with Gasteiger partial charge < -0.3 is 25.0 Å². The number of aliphatic hydroxyl groups is 1. The van der Waals surface area contributed by atoms with E-state index < -0.39 is 0 Å². The molecule has 2 aliphatic rings. The number of hydrogen-bond donors (Lipinski definition) is 2. The van der Waals surface area contributed by atoms with Crippen LogP contribution in [0.1, 0.15) is 25.7 Å². The second-order valence-corrected chi connectivity index (χ2v) is 8.90. The Hall–Kier alpha value is -2.90. The summed E-state index contributed by atoms with van der Waals surface area (Å²) in [7, 11) is 2.17. The van der Waals surface area contributed by atoms with Gasteiger partial charge in [-0.25, -0.2) is 9.97 Å². The SMILES string of the molecule is CN1CCN(c2ccc(Nc3ncc4cccc(O[C@H]5CC[C@H](O)CC5)c4n3)cc2)CC1. The van der Waals surface area contributed by atoms with E-state index in [2.05, 4.69) is 51.4 Å². The molecule has 7 heteroatoms. The van der Waals surface area contributed by atoms with E-state index in [0.717, 1.165) is 74.2 Å². The van der Waals surface area contributed by atoms with Crippen molar-refractivity contribution in [3.8, 4) is 5.75 Å². The summed E-state index contributed by atoms with van der Waals surface area (Å²) >= 11 is 0. The number of benzene rings is 2. The molecule has 3 aromatic rings. The molecule has 0 amide bonds. The van der Waals surface area contributed by atoms with Gasteiger partial charge in [-0.3, -0.25) is 0 Å². The Labute approximate surface area is 189 Å². The highest BCUT2D eigenvalue weighted by molar-refractivity contribution is 5.85. The Morgan fingerprint density at radius 3 is 2.47 bits per heavy atom. The zero-order valence-corrected chi connectivity index (χ0v) is 18.6. The average molecular weight is 434 g/mol. The molecule has 7 nitrogen and oxygen atoms in total. The summed E-state index contributed by atoms with van der Waals surface area (Å²) in [5, 5.41) is 14.0. The Morgan fingerprint density at radius 1 is 0.969 bits per heavy atom. The first-order valence-electron chi connectivity index (χ1n) is 11.5. The number of aliphatic hydroxyl groups excluding tert-OH is 1. The number of anilines is 3. The fourth-order valence-corrected chi connectivity index (χ4v) is 4.48. The molecule has 0 atom stereocenters. The maximum Gasteiger partial charge on any atom is 0.227 e. The molecule has 1 saturated carbocycles. The van der Waals surface area contributed by atoms with E-state index in [1.807, 2.05) is 24.4 Å². The van der Waals surface area contributed by atoms with Crippen LogP contribution >= 0.6 is 0 Å².